The molecule has 2 heterocycles. The van der Waals surface area contributed by atoms with E-state index >= 15 is 0 Å². The summed E-state index contributed by atoms with van der Waals surface area (Å²) in [5.41, 5.74) is -0.00188. The molecule has 0 aromatic carbocycles. The average Bonchev–Trinajstić information content (AvgIpc) is 2.85. The molecule has 3 unspecified atom stereocenters. The molecule has 1 aromatic rings. The van der Waals surface area contributed by atoms with E-state index in [9.17, 15) is 10.2 Å². The van der Waals surface area contributed by atoms with Crippen molar-refractivity contribution >= 4 is 17.4 Å². The second-order valence-corrected chi connectivity index (χ2v) is 6.55. The van der Waals surface area contributed by atoms with Gasteiger partial charge in [0.25, 0.3) is 0 Å². The normalized spacial score (nSPS) is 29.2. The molecule has 0 saturated carbocycles. The summed E-state index contributed by atoms with van der Waals surface area (Å²) < 4.78 is 4.33. The van der Waals surface area contributed by atoms with Gasteiger partial charge in [-0.25, -0.2) is 0 Å². The van der Waals surface area contributed by atoms with Gasteiger partial charge in [0.1, 0.15) is 12.0 Å². The van der Waals surface area contributed by atoms with Gasteiger partial charge in [-0.1, -0.05) is 20.8 Å². The smallest absolute Gasteiger partial charge is 0.212 e. The summed E-state index contributed by atoms with van der Waals surface area (Å²) in [7, 11) is 1.47. The van der Waals surface area contributed by atoms with E-state index in [1.807, 2.05) is 6.07 Å². The Hall–Kier alpha value is -0.730. The van der Waals surface area contributed by atoms with Crippen LogP contribution in [0.15, 0.2) is 6.07 Å². The van der Waals surface area contributed by atoms with Gasteiger partial charge in [-0.2, -0.15) is 4.37 Å². The predicted octanol–water partition coefficient (Wildman–Crippen LogP) is 1.11. The highest BCUT2D eigenvalue weighted by atomic mass is 32.1. The fraction of sp³-hybridized carbons (Fsp3) is 0.750. The predicted molar refractivity (Wildman–Crippen MR) is 73.6 cm³/mol. The number of hydrogen-bond donors (Lipinski definition) is 2. The van der Waals surface area contributed by atoms with Gasteiger partial charge >= 0.3 is 0 Å². The summed E-state index contributed by atoms with van der Waals surface area (Å²) in [6.07, 6.45) is -1.89. The minimum atomic E-state index is -1.04. The zero-order valence-electron chi connectivity index (χ0n) is 11.9. The Bertz CT molecular complexity index is 446. The number of hydrogen-bond acceptors (Lipinski definition) is 7. The average molecular weight is 287 g/mol. The van der Waals surface area contributed by atoms with E-state index in [1.54, 1.807) is 6.92 Å². The Morgan fingerprint density at radius 2 is 2.00 bits per heavy atom. The number of nitrogens with zero attached hydrogens (tertiary/aromatic N) is 3. The van der Waals surface area contributed by atoms with Gasteiger partial charge < -0.3 is 10.2 Å². The molecule has 1 fully saturated rings. The molecule has 1 aromatic heterocycles. The first-order valence-electron chi connectivity index (χ1n) is 6.21. The molecule has 0 bridgehead atoms. The van der Waals surface area contributed by atoms with Crippen molar-refractivity contribution in [2.75, 3.05) is 12.0 Å². The third-order valence-electron chi connectivity index (χ3n) is 3.31. The number of rotatable bonds is 2. The van der Waals surface area contributed by atoms with E-state index in [1.165, 1.54) is 28.6 Å². The van der Waals surface area contributed by atoms with Crippen LogP contribution in [0.4, 0.5) is 5.82 Å². The molecule has 2 N–H and O–H groups in total. The number of hydroxylamine groups is 2. The van der Waals surface area contributed by atoms with Crippen molar-refractivity contribution in [3.05, 3.63) is 10.9 Å². The maximum absolute atomic E-state index is 10.2. The van der Waals surface area contributed by atoms with Crippen LogP contribution in [0.2, 0.25) is 0 Å². The first-order valence-corrected chi connectivity index (χ1v) is 6.99. The van der Waals surface area contributed by atoms with E-state index in [2.05, 4.69) is 25.1 Å². The van der Waals surface area contributed by atoms with Crippen LogP contribution in [-0.2, 0) is 10.3 Å². The lowest BCUT2D eigenvalue weighted by Gasteiger charge is -2.24. The van der Waals surface area contributed by atoms with Crippen LogP contribution in [0.1, 0.15) is 32.6 Å². The monoisotopic (exact) mass is 287 g/mol. The molecule has 6 nitrogen and oxygen atoms in total. The lowest BCUT2D eigenvalue weighted by atomic mass is 9.95. The van der Waals surface area contributed by atoms with Crippen molar-refractivity contribution in [1.29, 1.82) is 0 Å². The second kappa shape index (κ2) is 4.99. The third-order valence-corrected chi connectivity index (χ3v) is 4.51. The van der Waals surface area contributed by atoms with Gasteiger partial charge in [-0.15, -0.1) is 5.06 Å². The Kier molecular flexibility index (Phi) is 3.85. The Morgan fingerprint density at radius 3 is 2.42 bits per heavy atom. The molecule has 0 aliphatic carbocycles. The Labute approximate surface area is 117 Å². The zero-order chi connectivity index (χ0) is 14.4. The zero-order valence-corrected chi connectivity index (χ0v) is 12.7. The lowest BCUT2D eigenvalue weighted by molar-refractivity contribution is -0.218. The van der Waals surface area contributed by atoms with Crippen molar-refractivity contribution in [2.45, 2.75) is 51.7 Å². The van der Waals surface area contributed by atoms with Crippen molar-refractivity contribution < 1.29 is 15.1 Å². The SMILES string of the molecule is CON1C(C)C(O)N(c2cc(C(C)(C)C)sn2)C1O. The largest absolute Gasteiger partial charge is 0.372 e. The summed E-state index contributed by atoms with van der Waals surface area (Å²) in [6.45, 7) is 8.09. The minimum Gasteiger partial charge on any atom is -0.372 e. The highest BCUT2D eigenvalue weighted by Gasteiger charge is 2.45. The van der Waals surface area contributed by atoms with Gasteiger partial charge in [-0.3, -0.25) is 9.74 Å². The topological polar surface area (TPSA) is 69.1 Å². The van der Waals surface area contributed by atoms with Crippen molar-refractivity contribution in [3.63, 3.8) is 0 Å². The Balaban J connectivity index is 2.29. The van der Waals surface area contributed by atoms with Crippen LogP contribution in [0.3, 0.4) is 0 Å². The molecule has 2 rings (SSSR count). The van der Waals surface area contributed by atoms with E-state index in [4.69, 9.17) is 4.84 Å². The fourth-order valence-corrected chi connectivity index (χ4v) is 2.86. The highest BCUT2D eigenvalue weighted by molar-refractivity contribution is 7.06. The summed E-state index contributed by atoms with van der Waals surface area (Å²) in [4.78, 5) is 7.65. The van der Waals surface area contributed by atoms with E-state index in [-0.39, 0.29) is 11.5 Å². The van der Waals surface area contributed by atoms with Crippen LogP contribution in [-0.4, -0.2) is 45.4 Å². The molecular formula is C12H21N3O3S. The van der Waals surface area contributed by atoms with Gasteiger partial charge in [0.05, 0.1) is 13.2 Å². The first kappa shape index (κ1) is 14.7. The third kappa shape index (κ3) is 2.48. The molecular weight excluding hydrogens is 266 g/mol. The molecule has 0 amide bonds. The summed E-state index contributed by atoms with van der Waals surface area (Å²) in [6, 6.07) is 1.57. The molecule has 0 radical (unpaired) electrons. The van der Waals surface area contributed by atoms with Gasteiger partial charge in [0, 0.05) is 4.88 Å². The van der Waals surface area contributed by atoms with Crippen LogP contribution in [0.25, 0.3) is 0 Å². The van der Waals surface area contributed by atoms with E-state index in [0.717, 1.165) is 4.88 Å². The molecule has 1 aliphatic rings. The quantitative estimate of drug-likeness (QED) is 0.849. The minimum absolute atomic E-state index is 0.00188. The van der Waals surface area contributed by atoms with Crippen LogP contribution < -0.4 is 4.90 Å². The molecule has 1 saturated heterocycles. The number of anilines is 1. The van der Waals surface area contributed by atoms with Gasteiger partial charge in [0.2, 0.25) is 6.35 Å². The van der Waals surface area contributed by atoms with Crippen molar-refractivity contribution in [1.82, 2.24) is 9.44 Å². The molecule has 3 atom stereocenters. The van der Waals surface area contributed by atoms with Gasteiger partial charge in [0.15, 0.2) is 0 Å². The van der Waals surface area contributed by atoms with E-state index < -0.39 is 12.6 Å². The van der Waals surface area contributed by atoms with Gasteiger partial charge in [-0.05, 0) is 29.9 Å². The fourth-order valence-electron chi connectivity index (χ4n) is 2.09. The second-order valence-electron chi connectivity index (χ2n) is 5.75. The molecule has 7 heteroatoms. The molecule has 0 spiro atoms. The van der Waals surface area contributed by atoms with E-state index in [0.29, 0.717) is 5.82 Å². The van der Waals surface area contributed by atoms with Crippen LogP contribution in [0, 0.1) is 0 Å². The molecule has 1 aliphatic heterocycles. The standard InChI is InChI=1S/C12H21N3O3S/c1-7-10(16)14(11(17)15(7)18-5)9-6-8(19-13-9)12(2,3)4/h6-7,10-11,16-17H,1-5H3. The van der Waals surface area contributed by atoms with Crippen molar-refractivity contribution in [2.24, 2.45) is 0 Å². The molecule has 108 valence electrons. The number of aliphatic hydroxyl groups excluding tert-OH is 2. The first-order chi connectivity index (χ1) is 8.77. The molecule has 19 heavy (non-hydrogen) atoms. The number of aliphatic hydroxyl groups is 2. The summed E-state index contributed by atoms with van der Waals surface area (Å²) in [5.74, 6) is 0.571. The maximum Gasteiger partial charge on any atom is 0.212 e. The lowest BCUT2D eigenvalue weighted by Crippen LogP contribution is -2.40. The highest BCUT2D eigenvalue weighted by Crippen LogP contribution is 2.34. The maximum atomic E-state index is 10.2. The summed E-state index contributed by atoms with van der Waals surface area (Å²) in [5, 5.41) is 21.7. The summed E-state index contributed by atoms with van der Waals surface area (Å²) >= 11 is 1.38. The van der Waals surface area contributed by atoms with Crippen LogP contribution >= 0.6 is 11.5 Å². The van der Waals surface area contributed by atoms with Crippen LogP contribution in [0.5, 0.6) is 0 Å². The Morgan fingerprint density at radius 1 is 1.37 bits per heavy atom. The van der Waals surface area contributed by atoms with Crippen molar-refractivity contribution in [3.8, 4) is 0 Å². The number of aromatic nitrogens is 1.